The molecule has 0 bridgehead atoms. The number of benzene rings is 1. The highest BCUT2D eigenvalue weighted by atomic mass is 35.5. The average Bonchev–Trinajstić information content (AvgIpc) is 2.81. The van der Waals surface area contributed by atoms with E-state index in [4.69, 9.17) is 26.6 Å². The van der Waals surface area contributed by atoms with Crippen molar-refractivity contribution in [1.82, 2.24) is 10.5 Å². The second-order valence-corrected chi connectivity index (χ2v) is 5.29. The molecule has 0 atom stereocenters. The van der Waals surface area contributed by atoms with Crippen LogP contribution in [0.25, 0.3) is 0 Å². The molecule has 0 aliphatic rings. The smallest absolute Gasteiger partial charge is 0.255 e. The maximum Gasteiger partial charge on any atom is 0.255 e. The third-order valence-corrected chi connectivity index (χ3v) is 3.73. The van der Waals surface area contributed by atoms with Crippen molar-refractivity contribution in [2.75, 3.05) is 19.4 Å². The largest absolute Gasteiger partial charge is 0.496 e. The van der Waals surface area contributed by atoms with E-state index in [1.54, 1.807) is 0 Å². The number of nitrogen functional groups attached to an aromatic ring is 1. The Balaban J connectivity index is 2.05. The van der Waals surface area contributed by atoms with Crippen LogP contribution >= 0.6 is 11.6 Å². The lowest BCUT2D eigenvalue weighted by Gasteiger charge is -2.11. The first-order chi connectivity index (χ1) is 10.4. The summed E-state index contributed by atoms with van der Waals surface area (Å²) in [5.41, 5.74) is 8.25. The Morgan fingerprint density at radius 1 is 1.45 bits per heavy atom. The third-order valence-electron chi connectivity index (χ3n) is 3.41. The average molecular weight is 324 g/mol. The summed E-state index contributed by atoms with van der Waals surface area (Å²) in [5, 5.41) is 7.02. The fourth-order valence-electron chi connectivity index (χ4n) is 2.17. The molecular weight excluding hydrogens is 306 g/mol. The van der Waals surface area contributed by atoms with Crippen molar-refractivity contribution in [1.29, 1.82) is 0 Å². The summed E-state index contributed by atoms with van der Waals surface area (Å²) in [4.78, 5) is 12.3. The van der Waals surface area contributed by atoms with Gasteiger partial charge in [-0.3, -0.25) is 4.79 Å². The zero-order chi connectivity index (χ0) is 16.3. The minimum absolute atomic E-state index is 0.273. The fraction of sp³-hybridized carbons (Fsp3) is 0.333. The number of amides is 1. The van der Waals surface area contributed by atoms with Gasteiger partial charge in [0.05, 0.1) is 29.1 Å². The summed E-state index contributed by atoms with van der Waals surface area (Å²) in [6.45, 7) is 4.17. The lowest BCUT2D eigenvalue weighted by atomic mass is 10.1. The molecule has 22 heavy (non-hydrogen) atoms. The van der Waals surface area contributed by atoms with Gasteiger partial charge in [-0.05, 0) is 26.3 Å². The minimum Gasteiger partial charge on any atom is -0.496 e. The van der Waals surface area contributed by atoms with Crippen molar-refractivity contribution in [2.24, 2.45) is 0 Å². The van der Waals surface area contributed by atoms with E-state index in [2.05, 4.69) is 10.5 Å². The van der Waals surface area contributed by atoms with Crippen LogP contribution in [0.15, 0.2) is 16.7 Å². The predicted octanol–water partition coefficient (Wildman–Crippen LogP) is 2.51. The number of nitrogens with one attached hydrogen (secondary N) is 1. The van der Waals surface area contributed by atoms with Gasteiger partial charge in [0.2, 0.25) is 0 Å². The van der Waals surface area contributed by atoms with Gasteiger partial charge < -0.3 is 20.3 Å². The molecule has 2 rings (SSSR count). The molecule has 0 unspecified atom stereocenters. The van der Waals surface area contributed by atoms with E-state index in [0.29, 0.717) is 35.0 Å². The number of rotatable bonds is 5. The summed E-state index contributed by atoms with van der Waals surface area (Å²) in [7, 11) is 1.48. The van der Waals surface area contributed by atoms with Crippen LogP contribution in [0.1, 0.15) is 27.4 Å². The predicted molar refractivity (Wildman–Crippen MR) is 84.4 cm³/mol. The molecule has 118 valence electrons. The third kappa shape index (κ3) is 3.33. The number of aromatic nitrogens is 1. The Labute approximate surface area is 133 Å². The van der Waals surface area contributed by atoms with Crippen molar-refractivity contribution >= 4 is 23.2 Å². The molecule has 1 aromatic carbocycles. The van der Waals surface area contributed by atoms with Gasteiger partial charge in [0.25, 0.3) is 5.91 Å². The maximum absolute atomic E-state index is 12.3. The molecule has 0 radical (unpaired) electrons. The first-order valence-corrected chi connectivity index (χ1v) is 7.14. The van der Waals surface area contributed by atoms with E-state index in [1.165, 1.54) is 19.2 Å². The molecule has 6 nitrogen and oxygen atoms in total. The number of ether oxygens (including phenoxy) is 1. The van der Waals surface area contributed by atoms with Crippen LogP contribution < -0.4 is 15.8 Å². The van der Waals surface area contributed by atoms with E-state index in [-0.39, 0.29) is 5.91 Å². The number of anilines is 1. The van der Waals surface area contributed by atoms with E-state index in [9.17, 15) is 4.79 Å². The monoisotopic (exact) mass is 323 g/mol. The Morgan fingerprint density at radius 3 is 2.77 bits per heavy atom. The number of carbonyl (C=O) groups is 1. The zero-order valence-corrected chi connectivity index (χ0v) is 13.5. The Kier molecular flexibility index (Phi) is 4.92. The van der Waals surface area contributed by atoms with Crippen molar-refractivity contribution in [3.05, 3.63) is 39.7 Å². The summed E-state index contributed by atoms with van der Waals surface area (Å²) >= 11 is 5.96. The quantitative estimate of drug-likeness (QED) is 0.825. The van der Waals surface area contributed by atoms with E-state index >= 15 is 0 Å². The molecule has 1 aromatic heterocycles. The minimum atomic E-state index is -0.273. The molecule has 0 saturated carbocycles. The number of halogens is 1. The number of nitrogens with zero attached hydrogens (tertiary/aromatic N) is 1. The van der Waals surface area contributed by atoms with Gasteiger partial charge in [0, 0.05) is 18.2 Å². The number of hydrogen-bond acceptors (Lipinski definition) is 5. The van der Waals surface area contributed by atoms with Gasteiger partial charge in [-0.2, -0.15) is 0 Å². The van der Waals surface area contributed by atoms with Gasteiger partial charge in [-0.1, -0.05) is 16.8 Å². The zero-order valence-electron chi connectivity index (χ0n) is 12.7. The molecule has 1 heterocycles. The highest BCUT2D eigenvalue weighted by molar-refractivity contribution is 6.33. The molecule has 1 amide bonds. The number of nitrogens with two attached hydrogens (primary N) is 1. The van der Waals surface area contributed by atoms with Crippen molar-refractivity contribution in [3.8, 4) is 5.75 Å². The molecule has 0 fully saturated rings. The molecule has 7 heteroatoms. The van der Waals surface area contributed by atoms with Crippen molar-refractivity contribution < 1.29 is 14.1 Å². The second kappa shape index (κ2) is 6.70. The molecule has 0 spiro atoms. The molecule has 0 aliphatic carbocycles. The number of methoxy groups -OCH3 is 1. The summed E-state index contributed by atoms with van der Waals surface area (Å²) in [5.74, 6) is 0.877. The van der Waals surface area contributed by atoms with Crippen molar-refractivity contribution in [2.45, 2.75) is 20.3 Å². The molecule has 3 N–H and O–H groups in total. The first kappa shape index (κ1) is 16.2. The topological polar surface area (TPSA) is 90.4 Å². The molecule has 0 saturated heterocycles. The summed E-state index contributed by atoms with van der Waals surface area (Å²) in [6, 6.07) is 3.03. The van der Waals surface area contributed by atoms with Crippen LogP contribution in [0, 0.1) is 13.8 Å². The first-order valence-electron chi connectivity index (χ1n) is 6.77. The SMILES string of the molecule is COc1cc(N)c(Cl)cc1C(=O)NCCc1c(C)noc1C. The Bertz CT molecular complexity index is 678. The van der Waals surface area contributed by atoms with Gasteiger partial charge in [0.15, 0.2) is 0 Å². The summed E-state index contributed by atoms with van der Waals surface area (Å²) in [6.07, 6.45) is 0.637. The van der Waals surface area contributed by atoms with Crippen LogP contribution in [0.5, 0.6) is 5.75 Å². The van der Waals surface area contributed by atoms with Gasteiger partial charge >= 0.3 is 0 Å². The maximum atomic E-state index is 12.3. The lowest BCUT2D eigenvalue weighted by molar-refractivity contribution is 0.0951. The van der Waals surface area contributed by atoms with Crippen molar-refractivity contribution in [3.63, 3.8) is 0 Å². The van der Waals surface area contributed by atoms with Crippen LogP contribution in [-0.2, 0) is 6.42 Å². The summed E-state index contributed by atoms with van der Waals surface area (Å²) < 4.78 is 10.3. The molecule has 0 aliphatic heterocycles. The number of carbonyl (C=O) groups excluding carboxylic acids is 1. The lowest BCUT2D eigenvalue weighted by Crippen LogP contribution is -2.26. The number of hydrogen-bond donors (Lipinski definition) is 2. The van der Waals surface area contributed by atoms with E-state index in [1.807, 2.05) is 13.8 Å². The highest BCUT2D eigenvalue weighted by Gasteiger charge is 2.15. The van der Waals surface area contributed by atoms with Crippen LogP contribution in [0.2, 0.25) is 5.02 Å². The van der Waals surface area contributed by atoms with Gasteiger partial charge in [-0.15, -0.1) is 0 Å². The van der Waals surface area contributed by atoms with Crippen LogP contribution in [0.4, 0.5) is 5.69 Å². The Morgan fingerprint density at radius 2 is 2.18 bits per heavy atom. The van der Waals surface area contributed by atoms with Gasteiger partial charge in [0.1, 0.15) is 11.5 Å². The standard InChI is InChI=1S/C15H18ClN3O3/c1-8-10(9(2)22-19-8)4-5-18-15(20)11-6-12(16)13(17)7-14(11)21-3/h6-7H,4-5,17H2,1-3H3,(H,18,20). The molecular formula is C15H18ClN3O3. The van der Waals surface area contributed by atoms with E-state index < -0.39 is 0 Å². The molecule has 2 aromatic rings. The normalized spacial score (nSPS) is 10.5. The highest BCUT2D eigenvalue weighted by Crippen LogP contribution is 2.28. The van der Waals surface area contributed by atoms with Crippen LogP contribution in [-0.4, -0.2) is 24.7 Å². The number of aryl methyl sites for hydroxylation is 2. The second-order valence-electron chi connectivity index (χ2n) is 4.88. The van der Waals surface area contributed by atoms with Gasteiger partial charge in [-0.25, -0.2) is 0 Å². The van der Waals surface area contributed by atoms with Crippen LogP contribution in [0.3, 0.4) is 0 Å². The fourth-order valence-corrected chi connectivity index (χ4v) is 2.33. The Hall–Kier alpha value is -2.21. The van der Waals surface area contributed by atoms with E-state index in [0.717, 1.165) is 17.0 Å².